The molecule has 0 aromatic heterocycles. The second-order valence-electron chi connectivity index (χ2n) is 17.1. The van der Waals surface area contributed by atoms with Crippen LogP contribution in [-0.4, -0.2) is 174 Å². The van der Waals surface area contributed by atoms with Crippen molar-refractivity contribution in [3.8, 4) is 0 Å². The zero-order valence-corrected chi connectivity index (χ0v) is 38.2. The van der Waals surface area contributed by atoms with Gasteiger partial charge in [-0.3, -0.25) is 44.9 Å². The van der Waals surface area contributed by atoms with Crippen LogP contribution in [0, 0.1) is 23.7 Å². The Labute approximate surface area is 350 Å². The molecule has 0 spiro atoms. The number of carbonyl (C=O) groups is 9. The quantitative estimate of drug-likeness (QED) is 0.292. The van der Waals surface area contributed by atoms with Gasteiger partial charge in [0, 0.05) is 42.3 Å². The second-order valence-corrected chi connectivity index (χ2v) is 17.1. The number of imide groups is 5. The van der Waals surface area contributed by atoms with E-state index >= 15 is 0 Å². The van der Waals surface area contributed by atoms with Crippen molar-refractivity contribution in [2.24, 2.45) is 23.7 Å². The van der Waals surface area contributed by atoms with Gasteiger partial charge in [-0.15, -0.1) is 0 Å². The highest BCUT2D eigenvalue weighted by Crippen LogP contribution is 2.20. The van der Waals surface area contributed by atoms with Gasteiger partial charge in [0.25, 0.3) is 5.91 Å². The first-order valence-electron chi connectivity index (χ1n) is 20.1. The Balaban J connectivity index is 3.85. The Hall–Kier alpha value is -4.85. The highest BCUT2D eigenvalue weighted by atomic mass is 16.2. The summed E-state index contributed by atoms with van der Waals surface area (Å²) in [5.74, 6) is -2.85. The standard InChI is InChI=1S/C39H71N11O9/c1-21(2)18-27-32(52)41-30(24(7)8)47(14)29(20-23(5)6)40-25(9)31(51)42-35(55)46(13)28(19-22(3)4)34(54)48(15)38(58)50(17)39(59)49(16)37(57)43-36(56)44(11)26(10)33(53)45(27)12/h21-30,40H,18-20H2,1-17H3,(H,41,52)(H,42,51,55)(H,43,56,57)/t25-,26-,27+,28-,29-,30?/m1/s1. The first-order chi connectivity index (χ1) is 27.1. The van der Waals surface area contributed by atoms with Crippen LogP contribution in [0.1, 0.15) is 88.5 Å². The number of likely N-dealkylation sites (N-methyl/N-ethyl adjacent to an activating group) is 4. The Morgan fingerprint density at radius 2 is 0.983 bits per heavy atom. The number of urea groups is 5. The summed E-state index contributed by atoms with van der Waals surface area (Å²) in [5, 5.41) is 10.8. The summed E-state index contributed by atoms with van der Waals surface area (Å²) < 4.78 is 0. The third-order valence-electron chi connectivity index (χ3n) is 10.4. The van der Waals surface area contributed by atoms with E-state index in [1.54, 1.807) is 27.8 Å². The van der Waals surface area contributed by atoms with Gasteiger partial charge >= 0.3 is 30.2 Å². The molecule has 59 heavy (non-hydrogen) atoms. The number of hydrogen-bond acceptors (Lipinski definition) is 11. The maximum atomic E-state index is 14.2. The van der Waals surface area contributed by atoms with Crippen LogP contribution in [0.3, 0.4) is 0 Å². The lowest BCUT2D eigenvalue weighted by Crippen LogP contribution is -2.63. The molecule has 0 radical (unpaired) electrons. The molecule has 336 valence electrons. The van der Waals surface area contributed by atoms with Crippen LogP contribution >= 0.6 is 0 Å². The number of rotatable bonds is 7. The van der Waals surface area contributed by atoms with Gasteiger partial charge in [-0.05, 0) is 63.8 Å². The van der Waals surface area contributed by atoms with Crippen molar-refractivity contribution in [3.63, 3.8) is 0 Å². The van der Waals surface area contributed by atoms with Gasteiger partial charge in [0.15, 0.2) is 0 Å². The van der Waals surface area contributed by atoms with Crippen LogP contribution in [0.15, 0.2) is 0 Å². The zero-order valence-electron chi connectivity index (χ0n) is 38.2. The maximum Gasteiger partial charge on any atom is 0.335 e. The lowest BCUT2D eigenvalue weighted by Gasteiger charge is -2.41. The molecule has 0 saturated carbocycles. The topological polar surface area (TPSA) is 224 Å². The van der Waals surface area contributed by atoms with E-state index in [1.807, 2.05) is 51.8 Å². The predicted molar refractivity (Wildman–Crippen MR) is 221 cm³/mol. The molecule has 0 aromatic carbocycles. The van der Waals surface area contributed by atoms with E-state index in [0.29, 0.717) is 21.1 Å². The monoisotopic (exact) mass is 838 g/mol. The molecule has 6 atom stereocenters. The number of nitrogens with zero attached hydrogens (tertiary/aromatic N) is 7. The zero-order chi connectivity index (χ0) is 46.0. The van der Waals surface area contributed by atoms with Crippen molar-refractivity contribution in [1.29, 1.82) is 0 Å². The average molecular weight is 838 g/mol. The van der Waals surface area contributed by atoms with Crippen LogP contribution in [0.4, 0.5) is 24.0 Å². The van der Waals surface area contributed by atoms with E-state index in [-0.39, 0.29) is 36.5 Å². The predicted octanol–water partition coefficient (Wildman–Crippen LogP) is 2.55. The number of hydrogen-bond donors (Lipinski definition) is 4. The molecule has 1 rings (SSSR count). The molecule has 4 N–H and O–H groups in total. The van der Waals surface area contributed by atoms with E-state index < -0.39 is 90.3 Å². The maximum absolute atomic E-state index is 14.2. The number of nitrogens with one attached hydrogen (secondary N) is 4. The van der Waals surface area contributed by atoms with Gasteiger partial charge in [-0.1, -0.05) is 55.4 Å². The van der Waals surface area contributed by atoms with Crippen molar-refractivity contribution in [2.75, 3.05) is 49.3 Å². The van der Waals surface area contributed by atoms with Crippen molar-refractivity contribution < 1.29 is 43.2 Å². The van der Waals surface area contributed by atoms with E-state index in [2.05, 4.69) is 16.0 Å². The summed E-state index contributed by atoms with van der Waals surface area (Å²) in [6.45, 7) is 18.3. The van der Waals surface area contributed by atoms with E-state index in [9.17, 15) is 43.2 Å². The molecule has 1 aliphatic heterocycles. The largest absolute Gasteiger partial charge is 0.338 e. The van der Waals surface area contributed by atoms with Gasteiger partial charge in [0.05, 0.1) is 18.4 Å². The first-order valence-corrected chi connectivity index (χ1v) is 20.1. The summed E-state index contributed by atoms with van der Waals surface area (Å²) in [5.41, 5.74) is 0. The van der Waals surface area contributed by atoms with Gasteiger partial charge in [0.1, 0.15) is 18.1 Å². The van der Waals surface area contributed by atoms with Crippen molar-refractivity contribution in [2.45, 2.75) is 125 Å². The van der Waals surface area contributed by atoms with E-state index in [1.165, 1.54) is 33.0 Å². The summed E-state index contributed by atoms with van der Waals surface area (Å²) in [4.78, 5) is 129. The van der Waals surface area contributed by atoms with Crippen LogP contribution < -0.4 is 21.3 Å². The molecule has 1 aliphatic rings. The molecular formula is C39H71N11O9. The smallest absolute Gasteiger partial charge is 0.335 e. The fourth-order valence-corrected chi connectivity index (χ4v) is 6.53. The van der Waals surface area contributed by atoms with Crippen molar-refractivity contribution >= 4 is 53.8 Å². The van der Waals surface area contributed by atoms with Crippen LogP contribution in [0.5, 0.6) is 0 Å². The third-order valence-corrected chi connectivity index (χ3v) is 10.4. The molecular weight excluding hydrogens is 766 g/mol. The minimum absolute atomic E-state index is 0.0290. The van der Waals surface area contributed by atoms with E-state index in [4.69, 9.17) is 0 Å². The normalized spacial score (nSPS) is 25.9. The molecule has 20 nitrogen and oxygen atoms in total. The highest BCUT2D eigenvalue weighted by molar-refractivity contribution is 6.08. The van der Waals surface area contributed by atoms with Crippen LogP contribution in [-0.2, 0) is 19.2 Å². The SMILES string of the molecule is CC(C)C[C@@H]1C(=O)N(C)C(=O)N(C)C(=O)N(C)C(=O)NC(=O)N(C)[C@H](C)C(=O)N(C)[C@@H](CC(C)C)C(=O)NC(C(C)C)N(C)[C@H](CC(C)C)N[C@H](C)C(=O)NC(=O)N1C. The van der Waals surface area contributed by atoms with Crippen molar-refractivity contribution in [1.82, 2.24) is 55.6 Å². The fourth-order valence-electron chi connectivity index (χ4n) is 6.53. The molecule has 0 aliphatic carbocycles. The molecule has 1 saturated heterocycles. The minimum atomic E-state index is -1.25. The summed E-state index contributed by atoms with van der Waals surface area (Å²) in [6.07, 6.45) is -0.218. The molecule has 1 fully saturated rings. The lowest BCUT2D eigenvalue weighted by atomic mass is 10.00. The molecule has 20 heteroatoms. The first kappa shape index (κ1) is 52.2. The summed E-state index contributed by atoms with van der Waals surface area (Å²) >= 11 is 0. The molecule has 1 heterocycles. The Morgan fingerprint density at radius 3 is 1.47 bits per heavy atom. The van der Waals surface area contributed by atoms with Gasteiger partial charge in [-0.25, -0.2) is 33.8 Å². The van der Waals surface area contributed by atoms with Crippen molar-refractivity contribution in [3.05, 3.63) is 0 Å². The van der Waals surface area contributed by atoms with E-state index in [0.717, 1.165) is 30.9 Å². The summed E-state index contributed by atoms with van der Waals surface area (Å²) in [7, 11) is 8.97. The highest BCUT2D eigenvalue weighted by Gasteiger charge is 2.39. The lowest BCUT2D eigenvalue weighted by molar-refractivity contribution is -0.143. The molecule has 1 unspecified atom stereocenters. The van der Waals surface area contributed by atoms with Gasteiger partial charge in [0.2, 0.25) is 17.7 Å². The van der Waals surface area contributed by atoms with Gasteiger partial charge in [-0.2, -0.15) is 0 Å². The summed E-state index contributed by atoms with van der Waals surface area (Å²) in [6, 6.07) is -9.92. The number of carbonyl (C=O) groups excluding carboxylic acids is 9. The Bertz CT molecular complexity index is 1560. The molecule has 14 amide bonds. The van der Waals surface area contributed by atoms with Crippen LogP contribution in [0.2, 0.25) is 0 Å². The average Bonchev–Trinajstić information content (AvgIpc) is 3.15. The van der Waals surface area contributed by atoms with Crippen LogP contribution in [0.25, 0.3) is 0 Å². The molecule has 0 aromatic rings. The fraction of sp³-hybridized carbons (Fsp3) is 0.769. The minimum Gasteiger partial charge on any atom is -0.338 e. The molecule has 0 bridgehead atoms. The number of amides is 14. The Kier molecular flexibility index (Phi) is 19.9. The second kappa shape index (κ2) is 22.5. The Morgan fingerprint density at radius 1 is 0.508 bits per heavy atom. The third kappa shape index (κ3) is 14.1. The van der Waals surface area contributed by atoms with Gasteiger partial charge < -0.3 is 20.0 Å².